The summed E-state index contributed by atoms with van der Waals surface area (Å²) in [5, 5.41) is 12.1. The van der Waals surface area contributed by atoms with E-state index in [1.807, 2.05) is 18.2 Å². The van der Waals surface area contributed by atoms with Crippen LogP contribution in [-0.4, -0.2) is 16.6 Å². The molecule has 6 heteroatoms. The smallest absolute Gasteiger partial charge is 0.234 e. The molecule has 1 aromatic heterocycles. The van der Waals surface area contributed by atoms with E-state index < -0.39 is 0 Å². The molecule has 0 atom stereocenters. The zero-order valence-corrected chi connectivity index (χ0v) is 11.9. The molecule has 0 unspecified atom stereocenters. The molecule has 4 nitrogen and oxygen atoms in total. The molecule has 100 valence electrons. The summed E-state index contributed by atoms with van der Waals surface area (Å²) in [6.07, 6.45) is 3.34. The minimum Gasteiger partial charge on any atom is -0.324 e. The summed E-state index contributed by atoms with van der Waals surface area (Å²) in [7, 11) is 0. The minimum atomic E-state index is -0.189. The summed E-state index contributed by atoms with van der Waals surface area (Å²) in [5.74, 6) is 0.0621. The lowest BCUT2D eigenvalue weighted by atomic mass is 10.2. The lowest BCUT2D eigenvalue weighted by molar-refractivity contribution is -0.113. The SMILES string of the molecule is N#Cc1ccc(Cl)cc1NC(=O)CSc1ccncc1. The van der Waals surface area contributed by atoms with Crippen LogP contribution in [0, 0.1) is 11.3 Å². The molecule has 0 bridgehead atoms. The van der Waals surface area contributed by atoms with Crippen LogP contribution < -0.4 is 5.32 Å². The lowest BCUT2D eigenvalue weighted by Crippen LogP contribution is -2.14. The second kappa shape index (κ2) is 6.94. The van der Waals surface area contributed by atoms with Gasteiger partial charge in [-0.1, -0.05) is 11.6 Å². The van der Waals surface area contributed by atoms with Gasteiger partial charge in [0.05, 0.1) is 17.0 Å². The first kappa shape index (κ1) is 14.4. The van der Waals surface area contributed by atoms with E-state index in [1.54, 1.807) is 30.6 Å². The Morgan fingerprint density at radius 1 is 1.35 bits per heavy atom. The molecule has 0 saturated heterocycles. The summed E-state index contributed by atoms with van der Waals surface area (Å²) in [5.41, 5.74) is 0.817. The molecule has 0 aliphatic heterocycles. The Morgan fingerprint density at radius 2 is 2.10 bits per heavy atom. The van der Waals surface area contributed by atoms with Crippen molar-refractivity contribution in [3.05, 3.63) is 53.3 Å². The number of benzene rings is 1. The second-order valence-electron chi connectivity index (χ2n) is 3.82. The number of carbonyl (C=O) groups is 1. The first-order valence-corrected chi connectivity index (χ1v) is 7.08. The van der Waals surface area contributed by atoms with Crippen molar-refractivity contribution in [1.29, 1.82) is 5.26 Å². The number of hydrogen-bond donors (Lipinski definition) is 1. The van der Waals surface area contributed by atoms with E-state index in [0.717, 1.165) is 4.90 Å². The van der Waals surface area contributed by atoms with E-state index in [9.17, 15) is 4.79 Å². The lowest BCUT2D eigenvalue weighted by Gasteiger charge is -2.07. The normalized spacial score (nSPS) is 9.80. The Labute approximate surface area is 125 Å². The fourth-order valence-electron chi connectivity index (χ4n) is 1.49. The highest BCUT2D eigenvalue weighted by molar-refractivity contribution is 8.00. The third-order valence-corrected chi connectivity index (χ3v) is 3.64. The second-order valence-corrected chi connectivity index (χ2v) is 5.31. The fraction of sp³-hybridized carbons (Fsp3) is 0.0714. The van der Waals surface area contributed by atoms with Gasteiger partial charge in [-0.25, -0.2) is 0 Å². The number of nitriles is 1. The van der Waals surface area contributed by atoms with E-state index in [4.69, 9.17) is 16.9 Å². The van der Waals surface area contributed by atoms with Crippen molar-refractivity contribution in [1.82, 2.24) is 4.98 Å². The summed E-state index contributed by atoms with van der Waals surface area (Å²) >= 11 is 7.25. The Morgan fingerprint density at radius 3 is 2.80 bits per heavy atom. The number of nitrogens with one attached hydrogen (secondary N) is 1. The fourth-order valence-corrected chi connectivity index (χ4v) is 2.34. The van der Waals surface area contributed by atoms with Gasteiger partial charge in [-0.3, -0.25) is 9.78 Å². The van der Waals surface area contributed by atoms with Gasteiger partial charge in [-0.15, -0.1) is 11.8 Å². The van der Waals surface area contributed by atoms with Gasteiger partial charge in [-0.05, 0) is 30.3 Å². The summed E-state index contributed by atoms with van der Waals surface area (Å²) in [6.45, 7) is 0. The average Bonchev–Trinajstić information content (AvgIpc) is 2.46. The number of halogens is 1. The van der Waals surface area contributed by atoms with Crippen LogP contribution in [0.3, 0.4) is 0 Å². The number of carbonyl (C=O) groups excluding carboxylic acids is 1. The van der Waals surface area contributed by atoms with Crippen LogP contribution in [0.4, 0.5) is 5.69 Å². The third-order valence-electron chi connectivity index (χ3n) is 2.40. The summed E-state index contributed by atoms with van der Waals surface area (Å²) in [4.78, 5) is 16.7. The number of hydrogen-bond acceptors (Lipinski definition) is 4. The molecule has 0 aliphatic carbocycles. The van der Waals surface area contributed by atoms with Crippen molar-refractivity contribution in [3.8, 4) is 6.07 Å². The predicted molar refractivity (Wildman–Crippen MR) is 79.8 cm³/mol. The Bertz CT molecular complexity index is 655. The zero-order valence-electron chi connectivity index (χ0n) is 10.3. The number of nitrogens with zero attached hydrogens (tertiary/aromatic N) is 2. The number of anilines is 1. The van der Waals surface area contributed by atoms with Gasteiger partial charge < -0.3 is 5.32 Å². The maximum absolute atomic E-state index is 11.9. The first-order chi connectivity index (χ1) is 9.69. The molecule has 1 amide bonds. The van der Waals surface area contributed by atoms with Gasteiger partial charge in [-0.2, -0.15) is 5.26 Å². The maximum atomic E-state index is 11.9. The van der Waals surface area contributed by atoms with Crippen LogP contribution >= 0.6 is 23.4 Å². The van der Waals surface area contributed by atoms with Crippen molar-refractivity contribution in [2.75, 3.05) is 11.1 Å². The Kier molecular flexibility index (Phi) is 4.99. The van der Waals surface area contributed by atoms with Gasteiger partial charge in [0.1, 0.15) is 6.07 Å². The summed E-state index contributed by atoms with van der Waals surface area (Å²) in [6, 6.07) is 10.4. The maximum Gasteiger partial charge on any atom is 0.234 e. The number of pyridine rings is 1. The van der Waals surface area contributed by atoms with Crippen molar-refractivity contribution >= 4 is 35.0 Å². The number of thioether (sulfide) groups is 1. The van der Waals surface area contributed by atoms with Crippen LogP contribution in [0.25, 0.3) is 0 Å². The number of amides is 1. The highest BCUT2D eigenvalue weighted by Crippen LogP contribution is 2.21. The van der Waals surface area contributed by atoms with Gasteiger partial charge >= 0.3 is 0 Å². The van der Waals surface area contributed by atoms with Gasteiger partial charge in [0.25, 0.3) is 0 Å². The zero-order chi connectivity index (χ0) is 14.4. The van der Waals surface area contributed by atoms with Crippen LogP contribution in [0.1, 0.15) is 5.56 Å². The van der Waals surface area contributed by atoms with Crippen molar-refractivity contribution < 1.29 is 4.79 Å². The number of aromatic nitrogens is 1. The molecule has 0 radical (unpaired) electrons. The van der Waals surface area contributed by atoms with Gasteiger partial charge in [0.2, 0.25) is 5.91 Å². The molecule has 0 aliphatic rings. The molecule has 20 heavy (non-hydrogen) atoms. The summed E-state index contributed by atoms with van der Waals surface area (Å²) < 4.78 is 0. The van der Waals surface area contributed by atoms with Crippen molar-refractivity contribution in [2.24, 2.45) is 0 Å². The van der Waals surface area contributed by atoms with E-state index in [-0.39, 0.29) is 11.7 Å². The molecule has 1 N–H and O–H groups in total. The van der Waals surface area contributed by atoms with E-state index in [2.05, 4.69) is 10.3 Å². The topological polar surface area (TPSA) is 65.8 Å². The van der Waals surface area contributed by atoms with Crippen LogP contribution in [-0.2, 0) is 4.79 Å². The molecule has 1 heterocycles. The molecule has 0 saturated carbocycles. The largest absolute Gasteiger partial charge is 0.324 e. The van der Waals surface area contributed by atoms with E-state index >= 15 is 0 Å². The first-order valence-electron chi connectivity index (χ1n) is 5.71. The monoisotopic (exact) mass is 303 g/mol. The molecule has 0 spiro atoms. The van der Waals surface area contributed by atoms with Gasteiger partial charge in [0, 0.05) is 22.3 Å². The highest BCUT2D eigenvalue weighted by atomic mass is 35.5. The molecular weight excluding hydrogens is 294 g/mol. The third kappa shape index (κ3) is 3.98. The molecule has 2 aromatic rings. The molecular formula is C14H10ClN3OS. The average molecular weight is 304 g/mol. The molecule has 0 fully saturated rings. The van der Waals surface area contributed by atoms with E-state index in [0.29, 0.717) is 16.3 Å². The van der Waals surface area contributed by atoms with Crippen LogP contribution in [0.2, 0.25) is 5.02 Å². The standard InChI is InChI=1S/C14H10ClN3OS/c15-11-2-1-10(8-16)13(7-11)18-14(19)9-20-12-3-5-17-6-4-12/h1-7H,9H2,(H,18,19). The Balaban J connectivity index is 1.98. The predicted octanol–water partition coefficient (Wildman–Crippen LogP) is 3.34. The Hall–Kier alpha value is -2.03. The van der Waals surface area contributed by atoms with Crippen LogP contribution in [0.15, 0.2) is 47.6 Å². The van der Waals surface area contributed by atoms with Crippen molar-refractivity contribution in [2.45, 2.75) is 4.90 Å². The molecule has 2 rings (SSSR count). The van der Waals surface area contributed by atoms with Gasteiger partial charge in [0.15, 0.2) is 0 Å². The van der Waals surface area contributed by atoms with Crippen LogP contribution in [0.5, 0.6) is 0 Å². The quantitative estimate of drug-likeness (QED) is 0.880. The highest BCUT2D eigenvalue weighted by Gasteiger charge is 2.08. The number of rotatable bonds is 4. The van der Waals surface area contributed by atoms with Crippen molar-refractivity contribution in [3.63, 3.8) is 0 Å². The van der Waals surface area contributed by atoms with E-state index in [1.165, 1.54) is 11.8 Å². The molecule has 1 aromatic carbocycles. The minimum absolute atomic E-state index is 0.189.